The van der Waals surface area contributed by atoms with Crippen LogP contribution >= 0.6 is 0 Å². The van der Waals surface area contributed by atoms with Crippen LogP contribution in [-0.2, 0) is 6.42 Å². The molecule has 1 aliphatic rings. The van der Waals surface area contributed by atoms with Crippen LogP contribution in [0.1, 0.15) is 60.6 Å². The molecule has 1 heterocycles. The van der Waals surface area contributed by atoms with Gasteiger partial charge in [-0.1, -0.05) is 36.8 Å². The van der Waals surface area contributed by atoms with E-state index in [0.717, 1.165) is 47.8 Å². The number of primary amides is 1. The maximum absolute atomic E-state index is 12.3. The van der Waals surface area contributed by atoms with Crippen molar-refractivity contribution < 1.29 is 14.3 Å². The summed E-state index contributed by atoms with van der Waals surface area (Å²) in [6, 6.07) is 16.4. The van der Waals surface area contributed by atoms with E-state index < -0.39 is 5.91 Å². The molecule has 5 nitrogen and oxygen atoms in total. The summed E-state index contributed by atoms with van der Waals surface area (Å²) in [6.45, 7) is 4.74. The van der Waals surface area contributed by atoms with E-state index in [9.17, 15) is 4.79 Å². The fourth-order valence-electron chi connectivity index (χ4n) is 4.86. The summed E-state index contributed by atoms with van der Waals surface area (Å²) in [6.07, 6.45) is 4.24. The number of carbonyl (C=O) groups is 1. The number of amides is 1. The van der Waals surface area contributed by atoms with Gasteiger partial charge in [-0.2, -0.15) is 0 Å². The number of rotatable bonds is 8. The molecule has 0 radical (unpaired) electrons. The highest BCUT2D eigenvalue weighted by molar-refractivity contribution is 5.99. The molecule has 4 rings (SSSR count). The van der Waals surface area contributed by atoms with E-state index in [4.69, 9.17) is 20.2 Å². The fourth-order valence-corrected chi connectivity index (χ4v) is 4.86. The minimum absolute atomic E-state index is 0.295. The second-order valence-corrected chi connectivity index (χ2v) is 8.08. The Morgan fingerprint density at radius 2 is 1.84 bits per heavy atom. The molecule has 0 spiro atoms. The molecule has 0 bridgehead atoms. The average Bonchev–Trinajstić information content (AvgIpc) is 3.22. The van der Waals surface area contributed by atoms with E-state index in [0.29, 0.717) is 42.1 Å². The van der Waals surface area contributed by atoms with Gasteiger partial charge in [-0.3, -0.25) is 9.78 Å². The number of para-hydroxylation sites is 1. The Kier molecular flexibility index (Phi) is 6.40. The van der Waals surface area contributed by atoms with E-state index in [1.165, 1.54) is 0 Å². The van der Waals surface area contributed by atoms with Gasteiger partial charge in [-0.25, -0.2) is 0 Å². The van der Waals surface area contributed by atoms with Crippen LogP contribution in [0.3, 0.4) is 0 Å². The predicted molar refractivity (Wildman–Crippen MR) is 123 cm³/mol. The van der Waals surface area contributed by atoms with E-state index in [2.05, 4.69) is 30.3 Å². The number of aromatic nitrogens is 1. The smallest absolute Gasteiger partial charge is 0.256 e. The Hall–Kier alpha value is -3.08. The maximum Gasteiger partial charge on any atom is 0.256 e. The highest BCUT2D eigenvalue weighted by Crippen LogP contribution is 2.47. The third-order valence-corrected chi connectivity index (χ3v) is 6.17. The van der Waals surface area contributed by atoms with Crippen LogP contribution in [0.15, 0.2) is 48.5 Å². The molecule has 2 atom stereocenters. The number of nitrogens with two attached hydrogens (primary N) is 1. The largest absolute Gasteiger partial charge is 0.493 e. The van der Waals surface area contributed by atoms with Crippen LogP contribution in [0.4, 0.5) is 0 Å². The zero-order valence-electron chi connectivity index (χ0n) is 18.3. The first-order valence-corrected chi connectivity index (χ1v) is 11.2. The van der Waals surface area contributed by atoms with Crippen LogP contribution in [0, 0.1) is 5.92 Å². The molecule has 0 saturated heterocycles. The van der Waals surface area contributed by atoms with Crippen molar-refractivity contribution in [3.63, 3.8) is 0 Å². The lowest BCUT2D eigenvalue weighted by atomic mass is 9.84. The highest BCUT2D eigenvalue weighted by Gasteiger charge is 2.33. The SMILES string of the molecule is CCOc1ccc(C2CCCC2Cc2ccc3ccccc3n2)c(OCC)c1C(N)=O. The lowest BCUT2D eigenvalue weighted by Gasteiger charge is -2.24. The summed E-state index contributed by atoms with van der Waals surface area (Å²) in [5.74, 6) is 1.30. The molecule has 1 aliphatic carbocycles. The Balaban J connectivity index is 1.68. The first kappa shape index (κ1) is 21.2. The quantitative estimate of drug-likeness (QED) is 0.542. The molecule has 1 amide bonds. The van der Waals surface area contributed by atoms with Gasteiger partial charge in [-0.05, 0) is 68.7 Å². The van der Waals surface area contributed by atoms with Crippen molar-refractivity contribution >= 4 is 16.8 Å². The minimum atomic E-state index is -0.514. The number of benzene rings is 2. The van der Waals surface area contributed by atoms with Gasteiger partial charge in [0.05, 0.1) is 18.7 Å². The Morgan fingerprint density at radius 3 is 2.61 bits per heavy atom. The Morgan fingerprint density at radius 1 is 1.03 bits per heavy atom. The molecule has 2 N–H and O–H groups in total. The lowest BCUT2D eigenvalue weighted by Crippen LogP contribution is -2.18. The standard InChI is InChI=1S/C26H30N2O3/c1-3-30-23-15-14-21(25(31-4-2)24(23)26(27)29)20-10-7-9-18(20)16-19-13-12-17-8-5-6-11-22(17)28-19/h5-6,8,11-15,18,20H,3-4,7,9-10,16H2,1-2H3,(H2,27,29). The van der Waals surface area contributed by atoms with Crippen LogP contribution in [0.2, 0.25) is 0 Å². The van der Waals surface area contributed by atoms with Gasteiger partial charge < -0.3 is 15.2 Å². The third kappa shape index (κ3) is 4.36. The monoisotopic (exact) mass is 418 g/mol. The van der Waals surface area contributed by atoms with Crippen LogP contribution in [0.5, 0.6) is 11.5 Å². The van der Waals surface area contributed by atoms with Crippen molar-refractivity contribution in [1.82, 2.24) is 4.98 Å². The molecule has 31 heavy (non-hydrogen) atoms. The molecule has 162 valence electrons. The topological polar surface area (TPSA) is 74.4 Å². The third-order valence-electron chi connectivity index (χ3n) is 6.17. The molecule has 2 unspecified atom stereocenters. The van der Waals surface area contributed by atoms with E-state index in [1.54, 1.807) is 0 Å². The van der Waals surface area contributed by atoms with Crippen LogP contribution < -0.4 is 15.2 Å². The van der Waals surface area contributed by atoms with Gasteiger partial charge >= 0.3 is 0 Å². The molecular weight excluding hydrogens is 388 g/mol. The molecule has 5 heteroatoms. The summed E-state index contributed by atoms with van der Waals surface area (Å²) in [5.41, 5.74) is 9.30. The van der Waals surface area contributed by atoms with Crippen molar-refractivity contribution in [2.24, 2.45) is 11.7 Å². The molecular formula is C26H30N2O3. The van der Waals surface area contributed by atoms with E-state index in [-0.39, 0.29) is 0 Å². The Bertz CT molecular complexity index is 1080. The van der Waals surface area contributed by atoms with Crippen molar-refractivity contribution in [2.75, 3.05) is 13.2 Å². The molecule has 0 aliphatic heterocycles. The number of nitrogens with zero attached hydrogens (tertiary/aromatic N) is 1. The number of pyridine rings is 1. The minimum Gasteiger partial charge on any atom is -0.493 e. The Labute approximate surface area is 183 Å². The van der Waals surface area contributed by atoms with Gasteiger partial charge in [0, 0.05) is 11.1 Å². The van der Waals surface area contributed by atoms with Gasteiger partial charge in [0.2, 0.25) is 0 Å². The van der Waals surface area contributed by atoms with Crippen molar-refractivity contribution in [3.8, 4) is 11.5 Å². The van der Waals surface area contributed by atoms with E-state index >= 15 is 0 Å². The second kappa shape index (κ2) is 9.38. The van der Waals surface area contributed by atoms with Crippen molar-refractivity contribution in [1.29, 1.82) is 0 Å². The molecule has 1 saturated carbocycles. The number of hydrogen-bond donors (Lipinski definition) is 1. The van der Waals surface area contributed by atoms with Gasteiger partial charge in [0.15, 0.2) is 0 Å². The summed E-state index contributed by atoms with van der Waals surface area (Å²) < 4.78 is 11.7. The zero-order chi connectivity index (χ0) is 21.8. The molecule has 3 aromatic rings. The summed E-state index contributed by atoms with van der Waals surface area (Å²) in [5, 5.41) is 1.16. The van der Waals surface area contributed by atoms with Gasteiger partial charge in [0.25, 0.3) is 5.91 Å². The highest BCUT2D eigenvalue weighted by atomic mass is 16.5. The first-order valence-electron chi connectivity index (χ1n) is 11.2. The summed E-state index contributed by atoms with van der Waals surface area (Å²) in [4.78, 5) is 17.2. The molecule has 1 aromatic heterocycles. The number of carbonyl (C=O) groups excluding carboxylic acids is 1. The fraction of sp³-hybridized carbons (Fsp3) is 0.385. The summed E-state index contributed by atoms with van der Waals surface area (Å²) in [7, 11) is 0. The van der Waals surface area contributed by atoms with Gasteiger partial charge in [-0.15, -0.1) is 0 Å². The normalized spacial score (nSPS) is 18.3. The predicted octanol–water partition coefficient (Wildman–Crippen LogP) is 5.26. The van der Waals surface area contributed by atoms with Gasteiger partial charge in [0.1, 0.15) is 17.1 Å². The van der Waals surface area contributed by atoms with Crippen molar-refractivity contribution in [2.45, 2.75) is 45.4 Å². The maximum atomic E-state index is 12.3. The number of ether oxygens (including phenoxy) is 2. The second-order valence-electron chi connectivity index (χ2n) is 8.08. The van der Waals surface area contributed by atoms with E-state index in [1.807, 2.05) is 32.0 Å². The molecule has 1 fully saturated rings. The molecule has 2 aromatic carbocycles. The number of hydrogen-bond acceptors (Lipinski definition) is 4. The summed E-state index contributed by atoms with van der Waals surface area (Å²) >= 11 is 0. The van der Waals surface area contributed by atoms with Crippen LogP contribution in [0.25, 0.3) is 10.9 Å². The van der Waals surface area contributed by atoms with Crippen LogP contribution in [-0.4, -0.2) is 24.1 Å². The zero-order valence-corrected chi connectivity index (χ0v) is 18.3. The van der Waals surface area contributed by atoms with Crippen molar-refractivity contribution in [3.05, 3.63) is 65.4 Å². The first-order chi connectivity index (χ1) is 15.1. The lowest BCUT2D eigenvalue weighted by molar-refractivity contribution is 0.0992. The average molecular weight is 419 g/mol. The number of fused-ring (bicyclic) bond motifs is 1.